The second-order valence-corrected chi connectivity index (χ2v) is 7.19. The molecule has 2 aliphatic carbocycles. The number of ketones is 1. The molecule has 2 fully saturated rings. The molecule has 3 atom stereocenters. The van der Waals surface area contributed by atoms with Gasteiger partial charge in [0.15, 0.2) is 11.5 Å². The summed E-state index contributed by atoms with van der Waals surface area (Å²) < 4.78 is 5.33. The monoisotopic (exact) mass is 333 g/mol. The Morgan fingerprint density at radius 3 is 2.67 bits per heavy atom. The van der Waals surface area contributed by atoms with E-state index in [1.165, 1.54) is 13.5 Å². The van der Waals surface area contributed by atoms with Crippen LogP contribution in [0.2, 0.25) is 0 Å². The third kappa shape index (κ3) is 3.04. The average molecular weight is 333 g/mol. The van der Waals surface area contributed by atoms with Crippen LogP contribution in [0.3, 0.4) is 0 Å². The van der Waals surface area contributed by atoms with Gasteiger partial charge in [-0.25, -0.2) is 0 Å². The van der Waals surface area contributed by atoms with Gasteiger partial charge in [0.2, 0.25) is 0 Å². The van der Waals surface area contributed by atoms with Crippen molar-refractivity contribution >= 4 is 5.78 Å². The molecule has 3 rings (SSSR count). The summed E-state index contributed by atoms with van der Waals surface area (Å²) in [6.45, 7) is 4.35. The Balaban J connectivity index is 0.00000100. The van der Waals surface area contributed by atoms with E-state index < -0.39 is 0 Å². The van der Waals surface area contributed by atoms with Crippen LogP contribution in [-0.2, 0) is 10.2 Å². The van der Waals surface area contributed by atoms with Gasteiger partial charge in [0, 0.05) is 23.8 Å². The van der Waals surface area contributed by atoms with E-state index in [1.54, 1.807) is 7.11 Å². The van der Waals surface area contributed by atoms with Crippen molar-refractivity contribution in [1.82, 2.24) is 0 Å². The van der Waals surface area contributed by atoms with Crippen molar-refractivity contribution in [3.63, 3.8) is 0 Å². The number of carbonyl (C=O) groups is 1. The number of aryl methyl sites for hydroxylation is 1. The number of phenols is 1. The molecule has 3 N–H and O–H groups in total. The Bertz CT molecular complexity index is 599. The molecule has 0 bridgehead atoms. The van der Waals surface area contributed by atoms with Gasteiger partial charge in [0.25, 0.3) is 0 Å². The fraction of sp³-hybridized carbons (Fsp3) is 0.650. The van der Waals surface area contributed by atoms with Gasteiger partial charge in [-0.15, -0.1) is 0 Å². The first-order valence-electron chi connectivity index (χ1n) is 8.96. The van der Waals surface area contributed by atoms with Crippen LogP contribution in [-0.4, -0.2) is 25.0 Å². The Hall–Kier alpha value is -1.55. The SMILES string of the molecule is CN.COc1ccc(C)c([C@@]23CCC[C@@H](C)[C@H]2CCC(=O)C3)c1O. The van der Waals surface area contributed by atoms with Gasteiger partial charge < -0.3 is 15.6 Å². The fourth-order valence-electron chi connectivity index (χ4n) is 5.07. The van der Waals surface area contributed by atoms with Crippen LogP contribution in [0.25, 0.3) is 0 Å². The molecular weight excluding hydrogens is 302 g/mol. The molecule has 0 unspecified atom stereocenters. The highest BCUT2D eigenvalue weighted by molar-refractivity contribution is 5.81. The Morgan fingerprint density at radius 2 is 2.00 bits per heavy atom. The van der Waals surface area contributed by atoms with E-state index >= 15 is 0 Å². The highest BCUT2D eigenvalue weighted by atomic mass is 16.5. The average Bonchev–Trinajstić information content (AvgIpc) is 2.56. The van der Waals surface area contributed by atoms with Gasteiger partial charge in [-0.1, -0.05) is 25.8 Å². The van der Waals surface area contributed by atoms with Gasteiger partial charge in [-0.2, -0.15) is 0 Å². The number of phenolic OH excluding ortho intramolecular Hbond substituents is 1. The first kappa shape index (κ1) is 18.8. The van der Waals surface area contributed by atoms with E-state index in [-0.39, 0.29) is 11.2 Å². The lowest BCUT2D eigenvalue weighted by molar-refractivity contribution is -0.125. The van der Waals surface area contributed by atoms with Gasteiger partial charge in [-0.05, 0) is 50.3 Å². The van der Waals surface area contributed by atoms with Crippen LogP contribution in [0.1, 0.15) is 56.6 Å². The zero-order chi connectivity index (χ0) is 17.9. The number of benzene rings is 1. The van der Waals surface area contributed by atoms with Gasteiger partial charge in [-0.3, -0.25) is 4.79 Å². The molecule has 0 aliphatic heterocycles. The number of rotatable bonds is 2. The zero-order valence-corrected chi connectivity index (χ0v) is 15.4. The lowest BCUT2D eigenvalue weighted by atomic mass is 9.52. The molecule has 2 aliphatic rings. The molecule has 4 nitrogen and oxygen atoms in total. The van der Waals surface area contributed by atoms with Crippen molar-refractivity contribution < 1.29 is 14.6 Å². The fourth-order valence-corrected chi connectivity index (χ4v) is 5.07. The van der Waals surface area contributed by atoms with E-state index in [9.17, 15) is 9.90 Å². The number of Topliss-reactive ketones (excluding diaryl/α,β-unsaturated/α-hetero) is 1. The van der Waals surface area contributed by atoms with Crippen molar-refractivity contribution in [2.75, 3.05) is 14.2 Å². The summed E-state index contributed by atoms with van der Waals surface area (Å²) >= 11 is 0. The van der Waals surface area contributed by atoms with Gasteiger partial charge in [0.05, 0.1) is 7.11 Å². The minimum atomic E-state index is -0.199. The predicted molar refractivity (Wildman–Crippen MR) is 96.5 cm³/mol. The third-order valence-corrected chi connectivity index (χ3v) is 5.99. The first-order chi connectivity index (χ1) is 11.5. The Morgan fingerprint density at radius 1 is 1.29 bits per heavy atom. The maximum atomic E-state index is 12.3. The van der Waals surface area contributed by atoms with E-state index in [2.05, 4.69) is 12.7 Å². The van der Waals surface area contributed by atoms with E-state index in [0.717, 1.165) is 30.4 Å². The predicted octanol–water partition coefficient (Wildman–Crippen LogP) is 3.71. The number of methoxy groups -OCH3 is 1. The van der Waals surface area contributed by atoms with Gasteiger partial charge >= 0.3 is 0 Å². The number of hydrogen-bond acceptors (Lipinski definition) is 4. The van der Waals surface area contributed by atoms with E-state index in [1.807, 2.05) is 19.1 Å². The number of aromatic hydroxyl groups is 1. The van der Waals surface area contributed by atoms with Crippen LogP contribution < -0.4 is 10.5 Å². The molecule has 4 heteroatoms. The summed E-state index contributed by atoms with van der Waals surface area (Å²) in [6, 6.07) is 3.83. The van der Waals surface area contributed by atoms with Crippen molar-refractivity contribution in [2.45, 2.75) is 57.8 Å². The highest BCUT2D eigenvalue weighted by Crippen LogP contribution is 2.57. The summed E-state index contributed by atoms with van der Waals surface area (Å²) in [6.07, 6.45) is 5.57. The minimum absolute atomic E-state index is 0.199. The molecule has 134 valence electrons. The largest absolute Gasteiger partial charge is 0.504 e. The molecule has 1 aromatic rings. The lowest BCUT2D eigenvalue weighted by Gasteiger charge is -2.51. The van der Waals surface area contributed by atoms with Crippen LogP contribution in [0.5, 0.6) is 11.5 Å². The van der Waals surface area contributed by atoms with E-state index in [4.69, 9.17) is 4.74 Å². The minimum Gasteiger partial charge on any atom is -0.504 e. The molecule has 0 spiro atoms. The number of carbonyl (C=O) groups excluding carboxylic acids is 1. The van der Waals surface area contributed by atoms with E-state index in [0.29, 0.717) is 36.2 Å². The van der Waals surface area contributed by atoms with Crippen LogP contribution in [0, 0.1) is 18.8 Å². The second kappa shape index (κ2) is 7.56. The maximum Gasteiger partial charge on any atom is 0.161 e. The molecular formula is C20H31NO3. The van der Waals surface area contributed by atoms with Gasteiger partial charge in [0.1, 0.15) is 5.78 Å². The summed E-state index contributed by atoms with van der Waals surface area (Å²) in [5.41, 5.74) is 6.35. The standard InChI is InChI=1S/C19H26O3.CH5N/c1-12-5-4-10-19(11-14(20)7-8-15(12)19)17-13(2)6-9-16(22-3)18(17)21;1-2/h6,9,12,15,21H,4-5,7-8,10-11H2,1-3H3;2H2,1H3/t12-,15-,19-;/m1./s1. The molecule has 0 saturated heterocycles. The lowest BCUT2D eigenvalue weighted by Crippen LogP contribution is -2.47. The van der Waals surface area contributed by atoms with Crippen LogP contribution in [0.15, 0.2) is 12.1 Å². The van der Waals surface area contributed by atoms with Crippen molar-refractivity contribution in [1.29, 1.82) is 0 Å². The molecule has 0 amide bonds. The molecule has 0 heterocycles. The normalized spacial score (nSPS) is 29.3. The summed E-state index contributed by atoms with van der Waals surface area (Å²) in [5, 5.41) is 10.8. The van der Waals surface area contributed by atoms with Crippen molar-refractivity contribution in [2.24, 2.45) is 17.6 Å². The summed E-state index contributed by atoms with van der Waals surface area (Å²) in [5.74, 6) is 2.19. The topological polar surface area (TPSA) is 72.5 Å². The number of ether oxygens (including phenoxy) is 1. The Kier molecular flexibility index (Phi) is 5.92. The highest BCUT2D eigenvalue weighted by Gasteiger charge is 2.50. The molecule has 24 heavy (non-hydrogen) atoms. The van der Waals surface area contributed by atoms with Crippen LogP contribution >= 0.6 is 0 Å². The first-order valence-corrected chi connectivity index (χ1v) is 8.96. The maximum absolute atomic E-state index is 12.3. The van der Waals surface area contributed by atoms with Crippen molar-refractivity contribution in [3.8, 4) is 11.5 Å². The smallest absolute Gasteiger partial charge is 0.161 e. The number of fused-ring (bicyclic) bond motifs is 1. The van der Waals surface area contributed by atoms with Crippen molar-refractivity contribution in [3.05, 3.63) is 23.3 Å². The molecule has 1 aromatic carbocycles. The number of hydrogen-bond donors (Lipinski definition) is 2. The molecule has 0 radical (unpaired) electrons. The number of nitrogens with two attached hydrogens (primary N) is 1. The second-order valence-electron chi connectivity index (χ2n) is 7.19. The summed E-state index contributed by atoms with van der Waals surface area (Å²) in [7, 11) is 3.08. The Labute approximate surface area is 145 Å². The zero-order valence-electron chi connectivity index (χ0n) is 15.4. The summed E-state index contributed by atoms with van der Waals surface area (Å²) in [4.78, 5) is 12.3. The molecule has 2 saturated carbocycles. The molecule has 0 aromatic heterocycles. The quantitative estimate of drug-likeness (QED) is 0.865. The van der Waals surface area contributed by atoms with Crippen LogP contribution in [0.4, 0.5) is 0 Å². The third-order valence-electron chi connectivity index (χ3n) is 5.99.